The largest absolute Gasteiger partial charge is 0.468 e. The van der Waals surface area contributed by atoms with Gasteiger partial charge in [0.1, 0.15) is 11.5 Å². The van der Waals surface area contributed by atoms with Crippen LogP contribution in [-0.4, -0.2) is 25.0 Å². The van der Waals surface area contributed by atoms with E-state index < -0.39 is 29.4 Å². The number of ether oxygens (including phenoxy) is 1. The minimum absolute atomic E-state index is 0.201. The first-order chi connectivity index (χ1) is 15.5. The van der Waals surface area contributed by atoms with Gasteiger partial charge in [-0.15, -0.1) is 0 Å². The molecule has 0 aromatic heterocycles. The molecule has 3 aromatic carbocycles. The summed E-state index contributed by atoms with van der Waals surface area (Å²) >= 11 is 13.0. The molecule has 1 spiro atoms. The molecule has 32 heavy (non-hydrogen) atoms. The van der Waals surface area contributed by atoms with Crippen LogP contribution in [0.1, 0.15) is 28.7 Å². The summed E-state index contributed by atoms with van der Waals surface area (Å²) in [5.41, 5.74) is 1.87. The summed E-state index contributed by atoms with van der Waals surface area (Å²) in [5.74, 6) is -1.19. The monoisotopic (exact) mass is 466 g/mol. The Morgan fingerprint density at radius 2 is 1.69 bits per heavy atom. The second-order valence-corrected chi connectivity index (χ2v) is 8.79. The molecular formula is C25H20Cl2N2O3. The third-order valence-electron chi connectivity index (χ3n) is 6.53. The lowest BCUT2D eigenvalue weighted by Gasteiger charge is -2.35. The molecule has 5 nitrogen and oxygen atoms in total. The number of anilines is 1. The summed E-state index contributed by atoms with van der Waals surface area (Å²) in [7, 11) is 1.35. The first-order valence-corrected chi connectivity index (χ1v) is 11.0. The van der Waals surface area contributed by atoms with E-state index in [4.69, 9.17) is 27.9 Å². The maximum Gasteiger partial charge on any atom is 0.323 e. The lowest BCUT2D eigenvalue weighted by atomic mass is 9.63. The third kappa shape index (κ3) is 2.89. The van der Waals surface area contributed by atoms with Crippen molar-refractivity contribution in [2.45, 2.75) is 23.4 Å². The van der Waals surface area contributed by atoms with Gasteiger partial charge in [0.25, 0.3) is 0 Å². The Labute approximate surface area is 195 Å². The van der Waals surface area contributed by atoms with E-state index in [2.05, 4.69) is 10.6 Å². The molecule has 1 fully saturated rings. The molecule has 5 rings (SSSR count). The van der Waals surface area contributed by atoms with Crippen LogP contribution in [0, 0.1) is 0 Å². The molecule has 162 valence electrons. The van der Waals surface area contributed by atoms with Gasteiger partial charge in [0.05, 0.1) is 23.2 Å². The lowest BCUT2D eigenvalue weighted by Crippen LogP contribution is -2.44. The van der Waals surface area contributed by atoms with Crippen LogP contribution in [0.25, 0.3) is 0 Å². The Morgan fingerprint density at radius 3 is 2.44 bits per heavy atom. The fraction of sp³-hybridized carbons (Fsp3) is 0.200. The van der Waals surface area contributed by atoms with Gasteiger partial charge in [-0.3, -0.25) is 14.9 Å². The van der Waals surface area contributed by atoms with E-state index in [1.807, 2.05) is 60.7 Å². The van der Waals surface area contributed by atoms with Gasteiger partial charge in [0.15, 0.2) is 0 Å². The van der Waals surface area contributed by atoms with Gasteiger partial charge in [-0.25, -0.2) is 0 Å². The molecule has 2 heterocycles. The summed E-state index contributed by atoms with van der Waals surface area (Å²) in [6.45, 7) is 0. The van der Waals surface area contributed by atoms with E-state index in [9.17, 15) is 9.59 Å². The molecule has 0 aliphatic carbocycles. The van der Waals surface area contributed by atoms with Gasteiger partial charge in [0, 0.05) is 11.6 Å². The third-order valence-corrected chi connectivity index (χ3v) is 7.36. The maximum absolute atomic E-state index is 13.9. The van der Waals surface area contributed by atoms with Crippen LogP contribution in [0.5, 0.6) is 0 Å². The molecule has 7 heteroatoms. The Bertz CT molecular complexity index is 1220. The molecule has 1 amide bonds. The first kappa shape index (κ1) is 21.0. The van der Waals surface area contributed by atoms with E-state index in [0.29, 0.717) is 21.3 Å². The second kappa shape index (κ2) is 7.93. The zero-order chi connectivity index (χ0) is 22.5. The number of benzene rings is 3. The summed E-state index contributed by atoms with van der Waals surface area (Å²) in [5, 5.41) is 7.16. The van der Waals surface area contributed by atoms with E-state index in [-0.39, 0.29) is 5.91 Å². The molecule has 2 aliphatic rings. The molecule has 0 unspecified atom stereocenters. The highest BCUT2D eigenvalue weighted by molar-refractivity contribution is 6.42. The van der Waals surface area contributed by atoms with Crippen molar-refractivity contribution in [2.75, 3.05) is 12.4 Å². The molecule has 0 radical (unpaired) electrons. The van der Waals surface area contributed by atoms with Crippen molar-refractivity contribution in [3.8, 4) is 0 Å². The number of carbonyl (C=O) groups excluding carboxylic acids is 2. The molecule has 0 bridgehead atoms. The predicted molar refractivity (Wildman–Crippen MR) is 124 cm³/mol. The van der Waals surface area contributed by atoms with E-state index in [1.165, 1.54) is 7.11 Å². The fourth-order valence-electron chi connectivity index (χ4n) is 5.27. The molecule has 1 saturated heterocycles. The van der Waals surface area contributed by atoms with Crippen LogP contribution in [0.4, 0.5) is 5.69 Å². The van der Waals surface area contributed by atoms with Crippen molar-refractivity contribution < 1.29 is 14.3 Å². The van der Waals surface area contributed by atoms with Crippen molar-refractivity contribution in [1.82, 2.24) is 5.32 Å². The predicted octanol–water partition coefficient (Wildman–Crippen LogP) is 4.85. The minimum atomic E-state index is -1.15. The van der Waals surface area contributed by atoms with Gasteiger partial charge in [0.2, 0.25) is 5.91 Å². The number of fused-ring (bicyclic) bond motifs is 2. The van der Waals surface area contributed by atoms with Crippen LogP contribution >= 0.6 is 23.2 Å². The molecular weight excluding hydrogens is 447 g/mol. The van der Waals surface area contributed by atoms with Crippen molar-refractivity contribution in [3.63, 3.8) is 0 Å². The standard InChI is InChI=1S/C25H20Cl2N2O3/c1-32-23(30)21-19(14-8-3-2-4-9-14)25(16-11-5-6-13-18(16)28-24(25)31)22(29-21)15-10-7-12-17(26)20(15)27/h2-13,19,21-22,29H,1H3,(H,28,31)/t19-,21+,22+,25+/m0/s1. The molecule has 2 aliphatic heterocycles. The molecule has 2 N–H and O–H groups in total. The summed E-state index contributed by atoms with van der Waals surface area (Å²) in [4.78, 5) is 26.9. The summed E-state index contributed by atoms with van der Waals surface area (Å²) in [6, 6.07) is 21.1. The fourth-order valence-corrected chi connectivity index (χ4v) is 5.69. The maximum atomic E-state index is 13.9. The zero-order valence-electron chi connectivity index (χ0n) is 17.1. The number of halogens is 2. The highest BCUT2D eigenvalue weighted by Gasteiger charge is 2.66. The Balaban J connectivity index is 1.84. The van der Waals surface area contributed by atoms with Gasteiger partial charge < -0.3 is 10.1 Å². The Kier molecular flexibility index (Phi) is 5.20. The van der Waals surface area contributed by atoms with Crippen molar-refractivity contribution in [3.05, 3.63) is 99.5 Å². The summed E-state index contributed by atoms with van der Waals surface area (Å²) in [6.07, 6.45) is 0. The number of amides is 1. The van der Waals surface area contributed by atoms with Crippen LogP contribution in [-0.2, 0) is 19.7 Å². The summed E-state index contributed by atoms with van der Waals surface area (Å²) < 4.78 is 5.16. The Hall–Kier alpha value is -2.86. The number of para-hydroxylation sites is 1. The highest BCUT2D eigenvalue weighted by Crippen LogP contribution is 2.60. The average Bonchev–Trinajstić information content (AvgIpc) is 3.32. The van der Waals surface area contributed by atoms with Crippen molar-refractivity contribution in [2.24, 2.45) is 0 Å². The number of hydrogen-bond acceptors (Lipinski definition) is 4. The van der Waals surface area contributed by atoms with Gasteiger partial charge in [-0.2, -0.15) is 0 Å². The quantitative estimate of drug-likeness (QED) is 0.541. The topological polar surface area (TPSA) is 67.4 Å². The normalized spacial score (nSPS) is 26.1. The lowest BCUT2D eigenvalue weighted by molar-refractivity contribution is -0.143. The smallest absolute Gasteiger partial charge is 0.323 e. The number of esters is 1. The Morgan fingerprint density at radius 1 is 0.969 bits per heavy atom. The van der Waals surface area contributed by atoms with Crippen LogP contribution in [0.15, 0.2) is 72.8 Å². The average molecular weight is 467 g/mol. The first-order valence-electron chi connectivity index (χ1n) is 10.2. The molecule has 4 atom stereocenters. The molecule has 3 aromatic rings. The minimum Gasteiger partial charge on any atom is -0.468 e. The van der Waals surface area contributed by atoms with Crippen molar-refractivity contribution in [1.29, 1.82) is 0 Å². The number of nitrogens with one attached hydrogen (secondary N) is 2. The van der Waals surface area contributed by atoms with Gasteiger partial charge in [-0.05, 0) is 28.8 Å². The highest BCUT2D eigenvalue weighted by atomic mass is 35.5. The SMILES string of the molecule is COC(=O)[C@@H]1N[C@H](c2cccc(Cl)c2Cl)[C@]2(C(=O)Nc3ccccc32)[C@H]1c1ccccc1. The van der Waals surface area contributed by atoms with Crippen LogP contribution < -0.4 is 10.6 Å². The van der Waals surface area contributed by atoms with E-state index in [0.717, 1.165) is 11.1 Å². The van der Waals surface area contributed by atoms with Gasteiger partial charge >= 0.3 is 5.97 Å². The number of methoxy groups -OCH3 is 1. The van der Waals surface area contributed by atoms with Crippen molar-refractivity contribution >= 4 is 40.8 Å². The number of hydrogen-bond donors (Lipinski definition) is 2. The number of rotatable bonds is 3. The number of carbonyl (C=O) groups is 2. The zero-order valence-corrected chi connectivity index (χ0v) is 18.7. The van der Waals surface area contributed by atoms with Gasteiger partial charge in [-0.1, -0.05) is 83.9 Å². The van der Waals surface area contributed by atoms with E-state index in [1.54, 1.807) is 12.1 Å². The van der Waals surface area contributed by atoms with Crippen LogP contribution in [0.2, 0.25) is 10.0 Å². The second-order valence-electron chi connectivity index (χ2n) is 8.00. The van der Waals surface area contributed by atoms with E-state index >= 15 is 0 Å². The van der Waals surface area contributed by atoms with Crippen LogP contribution in [0.3, 0.4) is 0 Å². The molecule has 0 saturated carbocycles.